The van der Waals surface area contributed by atoms with Crippen LogP contribution in [0.2, 0.25) is 0 Å². The third kappa shape index (κ3) is 2.23. The van der Waals surface area contributed by atoms with Crippen LogP contribution in [0.5, 0.6) is 0 Å². The maximum atomic E-state index is 12.2. The van der Waals surface area contributed by atoms with Crippen molar-refractivity contribution in [3.63, 3.8) is 0 Å². The molecule has 0 aromatic carbocycles. The molecule has 4 nitrogen and oxygen atoms in total. The van der Waals surface area contributed by atoms with Gasteiger partial charge in [-0.2, -0.15) is 0 Å². The number of fused-ring (bicyclic) bond motifs is 1. The van der Waals surface area contributed by atoms with Crippen molar-refractivity contribution in [2.75, 3.05) is 6.61 Å². The summed E-state index contributed by atoms with van der Waals surface area (Å²) in [4.78, 5) is 16.6. The van der Waals surface area contributed by atoms with Crippen molar-refractivity contribution in [3.05, 3.63) is 29.6 Å². The van der Waals surface area contributed by atoms with Gasteiger partial charge in [-0.15, -0.1) is 0 Å². The first-order chi connectivity index (χ1) is 8.88. The molecule has 0 atom stereocenters. The first-order valence-electron chi connectivity index (χ1n) is 6.51. The molecule has 0 saturated carbocycles. The van der Waals surface area contributed by atoms with Gasteiger partial charge in [0.05, 0.1) is 12.2 Å². The van der Waals surface area contributed by atoms with Crippen LogP contribution in [0.1, 0.15) is 43.7 Å². The van der Waals surface area contributed by atoms with Gasteiger partial charge < -0.3 is 9.30 Å². The van der Waals surface area contributed by atoms with Crippen molar-refractivity contribution in [1.29, 1.82) is 0 Å². The van der Waals surface area contributed by atoms with Crippen molar-refractivity contribution < 1.29 is 9.53 Å². The zero-order valence-electron chi connectivity index (χ0n) is 12.2. The van der Waals surface area contributed by atoms with Gasteiger partial charge in [0, 0.05) is 22.8 Å². The molecule has 0 spiro atoms. The van der Waals surface area contributed by atoms with E-state index in [9.17, 15) is 4.79 Å². The molecule has 0 saturated heterocycles. The maximum Gasteiger partial charge on any atom is 0.340 e. The Labute approximate surface area is 113 Å². The molecule has 0 unspecified atom stereocenters. The van der Waals surface area contributed by atoms with E-state index in [1.807, 2.05) is 26.0 Å². The lowest BCUT2D eigenvalue weighted by molar-refractivity contribution is 0.0527. The molecule has 0 bridgehead atoms. The Morgan fingerprint density at radius 3 is 2.68 bits per heavy atom. The number of aromatic nitrogens is 2. The van der Waals surface area contributed by atoms with Crippen molar-refractivity contribution in [1.82, 2.24) is 9.55 Å². The molecule has 2 aromatic rings. The minimum Gasteiger partial charge on any atom is -0.462 e. The van der Waals surface area contributed by atoms with Crippen LogP contribution in [0.3, 0.4) is 0 Å². The van der Waals surface area contributed by atoms with Crippen molar-refractivity contribution >= 4 is 17.0 Å². The van der Waals surface area contributed by atoms with E-state index in [0.29, 0.717) is 12.2 Å². The Kier molecular flexibility index (Phi) is 3.35. The van der Waals surface area contributed by atoms with Gasteiger partial charge in [-0.1, -0.05) is 0 Å². The number of carbonyl (C=O) groups excluding carboxylic acids is 1. The Morgan fingerprint density at radius 2 is 2.11 bits per heavy atom. The molecule has 102 valence electrons. The number of nitrogens with zero attached hydrogens (tertiary/aromatic N) is 2. The molecule has 2 rings (SSSR count). The largest absolute Gasteiger partial charge is 0.462 e. The molecule has 0 radical (unpaired) electrons. The van der Waals surface area contributed by atoms with E-state index < -0.39 is 0 Å². The highest BCUT2D eigenvalue weighted by Crippen LogP contribution is 2.30. The van der Waals surface area contributed by atoms with Crippen molar-refractivity contribution in [2.45, 2.75) is 40.2 Å². The summed E-state index contributed by atoms with van der Waals surface area (Å²) in [5.74, 6) is -0.277. The van der Waals surface area contributed by atoms with E-state index in [4.69, 9.17) is 4.74 Å². The normalized spacial score (nSPS) is 11.8. The summed E-state index contributed by atoms with van der Waals surface area (Å²) in [5, 5.41) is 0.855. The minimum absolute atomic E-state index is 0.137. The number of carbonyl (C=O) groups is 1. The number of ether oxygens (including phenoxy) is 1. The molecule has 0 aliphatic heterocycles. The van der Waals surface area contributed by atoms with Gasteiger partial charge in [-0.05, 0) is 46.8 Å². The Bertz CT molecular complexity index is 621. The van der Waals surface area contributed by atoms with Crippen LogP contribution in [0.15, 0.2) is 18.3 Å². The van der Waals surface area contributed by atoms with Crippen LogP contribution in [0, 0.1) is 6.92 Å². The lowest BCUT2D eigenvalue weighted by Gasteiger charge is -2.24. The average molecular weight is 260 g/mol. The van der Waals surface area contributed by atoms with Gasteiger partial charge in [0.1, 0.15) is 5.65 Å². The number of pyridine rings is 1. The smallest absolute Gasteiger partial charge is 0.340 e. The van der Waals surface area contributed by atoms with Crippen LogP contribution in [-0.4, -0.2) is 22.1 Å². The molecule has 0 amide bonds. The summed E-state index contributed by atoms with van der Waals surface area (Å²) in [5.41, 5.74) is 2.22. The SMILES string of the molecule is CCOC(=O)c1c(C)n(C(C)(C)C)c2ncccc12. The molecule has 4 heteroatoms. The average Bonchev–Trinajstić information content (AvgIpc) is 2.60. The second kappa shape index (κ2) is 4.68. The quantitative estimate of drug-likeness (QED) is 0.778. The van der Waals surface area contributed by atoms with Gasteiger partial charge >= 0.3 is 5.97 Å². The molecule has 0 N–H and O–H groups in total. The van der Waals surface area contributed by atoms with Crippen LogP contribution in [0.25, 0.3) is 11.0 Å². The summed E-state index contributed by atoms with van der Waals surface area (Å²) < 4.78 is 7.25. The van der Waals surface area contributed by atoms with E-state index in [1.165, 1.54) is 0 Å². The first kappa shape index (κ1) is 13.6. The number of esters is 1. The summed E-state index contributed by atoms with van der Waals surface area (Å²) in [6.45, 7) is 10.4. The van der Waals surface area contributed by atoms with Crippen molar-refractivity contribution in [2.24, 2.45) is 0 Å². The summed E-state index contributed by atoms with van der Waals surface area (Å²) in [6, 6.07) is 3.77. The Hall–Kier alpha value is -1.84. The summed E-state index contributed by atoms with van der Waals surface area (Å²) in [6.07, 6.45) is 1.75. The predicted molar refractivity (Wildman–Crippen MR) is 75.4 cm³/mol. The third-order valence-electron chi connectivity index (χ3n) is 3.12. The molecule has 0 aliphatic carbocycles. The van der Waals surface area contributed by atoms with Gasteiger partial charge in [0.25, 0.3) is 0 Å². The molecular formula is C15H20N2O2. The standard InChI is InChI=1S/C15H20N2O2/c1-6-19-14(18)12-10(2)17(15(3,4)5)13-11(12)8-7-9-16-13/h7-9H,6H2,1-5H3. The lowest BCUT2D eigenvalue weighted by atomic mass is 10.1. The van der Waals surface area contributed by atoms with Gasteiger partial charge in [-0.25, -0.2) is 9.78 Å². The van der Waals surface area contributed by atoms with Gasteiger partial charge in [-0.3, -0.25) is 0 Å². The van der Waals surface area contributed by atoms with Crippen LogP contribution in [0.4, 0.5) is 0 Å². The summed E-state index contributed by atoms with van der Waals surface area (Å²) >= 11 is 0. The van der Waals surface area contributed by atoms with Crippen LogP contribution >= 0.6 is 0 Å². The molecule has 19 heavy (non-hydrogen) atoms. The second-order valence-corrected chi connectivity index (χ2v) is 5.56. The molecular weight excluding hydrogens is 240 g/mol. The predicted octanol–water partition coefficient (Wildman–Crippen LogP) is 3.28. The zero-order chi connectivity index (χ0) is 14.2. The monoisotopic (exact) mass is 260 g/mol. The van der Waals surface area contributed by atoms with E-state index >= 15 is 0 Å². The number of hydrogen-bond acceptors (Lipinski definition) is 3. The highest BCUT2D eigenvalue weighted by molar-refractivity contribution is 6.05. The molecule has 0 aliphatic rings. The maximum absolute atomic E-state index is 12.2. The first-order valence-corrected chi connectivity index (χ1v) is 6.51. The van der Waals surface area contributed by atoms with Gasteiger partial charge in [0.2, 0.25) is 0 Å². The molecule has 0 fully saturated rings. The number of rotatable bonds is 2. The number of hydrogen-bond donors (Lipinski definition) is 0. The van der Waals surface area contributed by atoms with Crippen molar-refractivity contribution in [3.8, 4) is 0 Å². The Balaban J connectivity index is 2.78. The van der Waals surface area contributed by atoms with Crippen LogP contribution in [-0.2, 0) is 10.3 Å². The van der Waals surface area contributed by atoms with E-state index in [-0.39, 0.29) is 11.5 Å². The minimum atomic E-state index is -0.277. The van der Waals surface area contributed by atoms with Gasteiger partial charge in [0.15, 0.2) is 0 Å². The van der Waals surface area contributed by atoms with E-state index in [1.54, 1.807) is 6.20 Å². The van der Waals surface area contributed by atoms with Crippen LogP contribution < -0.4 is 0 Å². The second-order valence-electron chi connectivity index (χ2n) is 5.56. The highest BCUT2D eigenvalue weighted by atomic mass is 16.5. The molecule has 2 aromatic heterocycles. The fraction of sp³-hybridized carbons (Fsp3) is 0.467. The zero-order valence-corrected chi connectivity index (χ0v) is 12.2. The fourth-order valence-electron chi connectivity index (χ4n) is 2.52. The van der Waals surface area contributed by atoms with E-state index in [0.717, 1.165) is 16.7 Å². The highest BCUT2D eigenvalue weighted by Gasteiger charge is 2.26. The topological polar surface area (TPSA) is 44.1 Å². The fourth-order valence-corrected chi connectivity index (χ4v) is 2.52. The lowest BCUT2D eigenvalue weighted by Crippen LogP contribution is -2.23. The summed E-state index contributed by atoms with van der Waals surface area (Å²) in [7, 11) is 0. The van der Waals surface area contributed by atoms with E-state index in [2.05, 4.69) is 30.3 Å². The third-order valence-corrected chi connectivity index (χ3v) is 3.12. The molecule has 2 heterocycles. The Morgan fingerprint density at radius 1 is 1.42 bits per heavy atom.